The number of benzene rings is 1. The summed E-state index contributed by atoms with van der Waals surface area (Å²) in [6, 6.07) is 5.77. The van der Waals surface area contributed by atoms with Gasteiger partial charge in [0.1, 0.15) is 5.78 Å². The number of Topliss-reactive ketones (excluding diaryl/α,β-unsaturated/α-hetero) is 1. The Morgan fingerprint density at radius 3 is 2.37 bits per heavy atom. The summed E-state index contributed by atoms with van der Waals surface area (Å²) in [5, 5.41) is 14.9. The fourth-order valence-corrected chi connectivity index (χ4v) is 2.51. The number of nitrogens with one attached hydrogen (secondary N) is 2. The molecule has 162 valence electrons. The zero-order valence-corrected chi connectivity index (χ0v) is 18.5. The highest BCUT2D eigenvalue weighted by Crippen LogP contribution is 2.19. The van der Waals surface area contributed by atoms with Crippen LogP contribution in [0.15, 0.2) is 23.3 Å². The number of ketones is 1. The van der Waals surface area contributed by atoms with Crippen LogP contribution >= 0.6 is 0 Å². The standard InChI is InChI=1S/C21H31N7O2/c1-13-7-8-16(11-14(13)2)23-19(30)10-9-17(12-18(29)21(4,5)6)25-27-20-26-24-15(3)28(20)22/h7-8,11H,9-10,12,22H2,1-6H3,(H,23,30)(H,26,27). The first-order chi connectivity index (χ1) is 14.0. The minimum absolute atomic E-state index is 0.0306. The third-order valence-electron chi connectivity index (χ3n) is 4.81. The van der Waals surface area contributed by atoms with E-state index in [0.717, 1.165) is 16.8 Å². The van der Waals surface area contributed by atoms with Gasteiger partial charge < -0.3 is 11.2 Å². The summed E-state index contributed by atoms with van der Waals surface area (Å²) in [6.07, 6.45) is 0.646. The molecule has 9 nitrogen and oxygen atoms in total. The van der Waals surface area contributed by atoms with Gasteiger partial charge in [-0.3, -0.25) is 9.59 Å². The molecule has 2 aromatic rings. The van der Waals surface area contributed by atoms with Gasteiger partial charge in [-0.15, -0.1) is 10.2 Å². The highest BCUT2D eigenvalue weighted by molar-refractivity contribution is 6.05. The smallest absolute Gasteiger partial charge is 0.263 e. The molecule has 0 radical (unpaired) electrons. The maximum absolute atomic E-state index is 12.5. The number of aryl methyl sites for hydroxylation is 3. The molecule has 0 bridgehead atoms. The quantitative estimate of drug-likeness (QED) is 0.347. The number of aromatic nitrogens is 3. The Hall–Kier alpha value is -3.23. The van der Waals surface area contributed by atoms with Crippen LogP contribution in [0.2, 0.25) is 0 Å². The lowest BCUT2D eigenvalue weighted by molar-refractivity contribution is -0.125. The highest BCUT2D eigenvalue weighted by atomic mass is 16.1. The number of nitrogens with two attached hydrogens (primary N) is 1. The summed E-state index contributed by atoms with van der Waals surface area (Å²) in [5.74, 6) is 6.48. The molecule has 0 aliphatic rings. The van der Waals surface area contributed by atoms with Crippen LogP contribution in [-0.2, 0) is 9.59 Å². The number of nitrogen functional groups attached to an aromatic ring is 1. The van der Waals surface area contributed by atoms with Crippen LogP contribution in [0.3, 0.4) is 0 Å². The van der Waals surface area contributed by atoms with E-state index in [1.54, 1.807) is 6.92 Å². The topological polar surface area (TPSA) is 127 Å². The summed E-state index contributed by atoms with van der Waals surface area (Å²) >= 11 is 0. The fraction of sp³-hybridized carbons (Fsp3) is 0.476. The molecule has 9 heteroatoms. The molecular formula is C21H31N7O2. The Morgan fingerprint density at radius 2 is 1.80 bits per heavy atom. The molecule has 0 saturated heterocycles. The molecule has 0 spiro atoms. The molecule has 0 saturated carbocycles. The lowest BCUT2D eigenvalue weighted by atomic mass is 9.87. The number of amides is 1. The van der Waals surface area contributed by atoms with E-state index in [-0.39, 0.29) is 30.5 Å². The van der Waals surface area contributed by atoms with E-state index in [4.69, 9.17) is 5.84 Å². The van der Waals surface area contributed by atoms with E-state index in [9.17, 15) is 9.59 Å². The van der Waals surface area contributed by atoms with Gasteiger partial charge in [0.2, 0.25) is 5.91 Å². The number of hydrogen-bond donors (Lipinski definition) is 3. The first-order valence-electron chi connectivity index (χ1n) is 9.86. The van der Waals surface area contributed by atoms with Crippen LogP contribution < -0.4 is 16.6 Å². The maximum atomic E-state index is 12.5. The fourth-order valence-electron chi connectivity index (χ4n) is 2.51. The van der Waals surface area contributed by atoms with Crippen molar-refractivity contribution in [1.29, 1.82) is 0 Å². The summed E-state index contributed by atoms with van der Waals surface area (Å²) in [4.78, 5) is 24.9. The predicted octanol–water partition coefficient (Wildman–Crippen LogP) is 3.11. The number of carbonyl (C=O) groups excluding carboxylic acids is 2. The lowest BCUT2D eigenvalue weighted by Gasteiger charge is -2.17. The first kappa shape index (κ1) is 23.1. The Morgan fingerprint density at radius 1 is 1.10 bits per heavy atom. The van der Waals surface area contributed by atoms with E-state index in [1.807, 2.05) is 52.8 Å². The van der Waals surface area contributed by atoms with Crippen LogP contribution in [0.4, 0.5) is 11.6 Å². The normalized spacial score (nSPS) is 12.0. The Kier molecular flexibility index (Phi) is 7.31. The highest BCUT2D eigenvalue weighted by Gasteiger charge is 2.23. The van der Waals surface area contributed by atoms with Crippen molar-refractivity contribution in [2.24, 2.45) is 10.5 Å². The van der Waals surface area contributed by atoms with Crippen molar-refractivity contribution in [3.8, 4) is 0 Å². The van der Waals surface area contributed by atoms with Gasteiger partial charge in [0, 0.05) is 29.7 Å². The van der Waals surface area contributed by atoms with Crippen molar-refractivity contribution in [3.05, 3.63) is 35.2 Å². The van der Waals surface area contributed by atoms with E-state index < -0.39 is 5.41 Å². The van der Waals surface area contributed by atoms with Crippen molar-refractivity contribution in [2.75, 3.05) is 16.6 Å². The maximum Gasteiger partial charge on any atom is 0.263 e. The van der Waals surface area contributed by atoms with Gasteiger partial charge in [-0.25, -0.2) is 10.1 Å². The van der Waals surface area contributed by atoms with Crippen LogP contribution in [0.25, 0.3) is 0 Å². The molecule has 4 N–H and O–H groups in total. The van der Waals surface area contributed by atoms with E-state index in [2.05, 4.69) is 26.0 Å². The molecule has 30 heavy (non-hydrogen) atoms. The van der Waals surface area contributed by atoms with Crippen LogP contribution in [0.1, 0.15) is 57.0 Å². The van der Waals surface area contributed by atoms with Crippen LogP contribution in [-0.4, -0.2) is 32.3 Å². The number of rotatable bonds is 8. The number of nitrogens with zero attached hydrogens (tertiary/aromatic N) is 4. The van der Waals surface area contributed by atoms with Crippen molar-refractivity contribution in [2.45, 2.75) is 60.8 Å². The SMILES string of the molecule is Cc1ccc(NC(=O)CCC(CC(=O)C(C)(C)C)=NNc2nnc(C)n2N)cc1C. The third kappa shape index (κ3) is 6.40. The average molecular weight is 414 g/mol. The predicted molar refractivity (Wildman–Crippen MR) is 119 cm³/mol. The van der Waals surface area contributed by atoms with Gasteiger partial charge >= 0.3 is 0 Å². The number of hydrazone groups is 1. The van der Waals surface area contributed by atoms with Gasteiger partial charge in [-0.1, -0.05) is 26.8 Å². The second kappa shape index (κ2) is 9.51. The van der Waals surface area contributed by atoms with E-state index >= 15 is 0 Å². The number of carbonyl (C=O) groups is 2. The Bertz CT molecular complexity index is 955. The zero-order chi connectivity index (χ0) is 22.5. The van der Waals surface area contributed by atoms with Crippen molar-refractivity contribution in [3.63, 3.8) is 0 Å². The van der Waals surface area contributed by atoms with Gasteiger partial charge in [-0.05, 0) is 50.5 Å². The molecule has 0 unspecified atom stereocenters. The third-order valence-corrected chi connectivity index (χ3v) is 4.81. The Labute approximate surface area is 177 Å². The molecule has 0 aliphatic heterocycles. The summed E-state index contributed by atoms with van der Waals surface area (Å²) < 4.78 is 1.26. The second-order valence-corrected chi connectivity index (χ2v) is 8.43. The van der Waals surface area contributed by atoms with Gasteiger partial charge in [0.25, 0.3) is 5.95 Å². The molecule has 2 rings (SSSR count). The van der Waals surface area contributed by atoms with Crippen LogP contribution in [0, 0.1) is 26.2 Å². The van der Waals surface area contributed by atoms with Gasteiger partial charge in [0.15, 0.2) is 5.82 Å². The first-order valence-corrected chi connectivity index (χ1v) is 9.86. The monoisotopic (exact) mass is 413 g/mol. The lowest BCUT2D eigenvalue weighted by Crippen LogP contribution is -2.24. The van der Waals surface area contributed by atoms with Crippen molar-refractivity contribution in [1.82, 2.24) is 14.9 Å². The molecule has 1 amide bonds. The van der Waals surface area contributed by atoms with Crippen molar-refractivity contribution < 1.29 is 9.59 Å². The van der Waals surface area contributed by atoms with E-state index in [1.165, 1.54) is 4.68 Å². The Balaban J connectivity index is 2.06. The van der Waals surface area contributed by atoms with Crippen molar-refractivity contribution >= 4 is 29.0 Å². The zero-order valence-electron chi connectivity index (χ0n) is 18.5. The van der Waals surface area contributed by atoms with Gasteiger partial charge in [0.05, 0.1) is 0 Å². The van der Waals surface area contributed by atoms with Crippen LogP contribution in [0.5, 0.6) is 0 Å². The largest absolute Gasteiger partial charge is 0.335 e. The number of anilines is 2. The van der Waals surface area contributed by atoms with E-state index in [0.29, 0.717) is 18.0 Å². The molecule has 1 aromatic carbocycles. The number of hydrogen-bond acceptors (Lipinski definition) is 7. The molecular weight excluding hydrogens is 382 g/mol. The second-order valence-electron chi connectivity index (χ2n) is 8.43. The molecule has 0 fully saturated rings. The summed E-state index contributed by atoms with van der Waals surface area (Å²) in [7, 11) is 0. The molecule has 1 aromatic heterocycles. The average Bonchev–Trinajstić information content (AvgIpc) is 2.98. The molecule has 0 aliphatic carbocycles. The molecule has 1 heterocycles. The van der Waals surface area contributed by atoms with Gasteiger partial charge in [-0.2, -0.15) is 5.10 Å². The minimum Gasteiger partial charge on any atom is -0.335 e. The molecule has 0 atom stereocenters. The summed E-state index contributed by atoms with van der Waals surface area (Å²) in [6.45, 7) is 11.3. The minimum atomic E-state index is -0.507. The summed E-state index contributed by atoms with van der Waals surface area (Å²) in [5.41, 5.74) is 5.81.